The minimum absolute atomic E-state index is 0.353. The van der Waals surface area contributed by atoms with Gasteiger partial charge in [0.2, 0.25) is 0 Å². The average molecular weight is 334 g/mol. The lowest BCUT2D eigenvalue weighted by atomic mass is 10.1. The van der Waals surface area contributed by atoms with Crippen molar-refractivity contribution in [2.45, 2.75) is 39.3 Å². The number of hydrogen-bond acceptors (Lipinski definition) is 6. The molecule has 1 aliphatic heterocycles. The van der Waals surface area contributed by atoms with E-state index in [0.717, 1.165) is 26.2 Å². The summed E-state index contributed by atoms with van der Waals surface area (Å²) in [5.41, 5.74) is -0.782. The minimum atomic E-state index is -0.782. The SMILES string of the molecule is Cc1noc(C(C)(C)NC(=O)Nc2ccnn2C[C@H]2CCOC2)n1. The van der Waals surface area contributed by atoms with Gasteiger partial charge in [-0.3, -0.25) is 5.32 Å². The summed E-state index contributed by atoms with van der Waals surface area (Å²) >= 11 is 0. The Morgan fingerprint density at radius 1 is 1.50 bits per heavy atom. The summed E-state index contributed by atoms with van der Waals surface area (Å²) in [5, 5.41) is 13.7. The first-order valence-electron chi connectivity index (χ1n) is 7.93. The van der Waals surface area contributed by atoms with Gasteiger partial charge in [0.05, 0.1) is 12.8 Å². The van der Waals surface area contributed by atoms with Crippen molar-refractivity contribution in [2.24, 2.45) is 5.92 Å². The molecule has 2 amide bonds. The van der Waals surface area contributed by atoms with E-state index < -0.39 is 5.54 Å². The number of aryl methyl sites for hydroxylation is 1. The molecule has 2 N–H and O–H groups in total. The summed E-state index contributed by atoms with van der Waals surface area (Å²) in [6, 6.07) is 1.40. The number of nitrogens with zero attached hydrogens (tertiary/aromatic N) is 4. The fraction of sp³-hybridized carbons (Fsp3) is 0.600. The van der Waals surface area contributed by atoms with Crippen molar-refractivity contribution in [3.63, 3.8) is 0 Å². The first-order valence-corrected chi connectivity index (χ1v) is 7.93. The van der Waals surface area contributed by atoms with E-state index in [4.69, 9.17) is 9.26 Å². The number of rotatable bonds is 5. The van der Waals surface area contributed by atoms with E-state index in [1.165, 1.54) is 0 Å². The molecule has 0 saturated carbocycles. The second-order valence-electron chi connectivity index (χ2n) is 6.48. The quantitative estimate of drug-likeness (QED) is 0.861. The lowest BCUT2D eigenvalue weighted by Crippen LogP contribution is -2.44. The zero-order chi connectivity index (χ0) is 17.2. The molecule has 1 aliphatic rings. The van der Waals surface area contributed by atoms with E-state index in [1.54, 1.807) is 37.7 Å². The second kappa shape index (κ2) is 6.60. The summed E-state index contributed by atoms with van der Waals surface area (Å²) in [6.45, 7) is 7.56. The van der Waals surface area contributed by atoms with E-state index in [-0.39, 0.29) is 6.03 Å². The highest BCUT2D eigenvalue weighted by Gasteiger charge is 2.29. The Hall–Kier alpha value is -2.42. The van der Waals surface area contributed by atoms with Crippen LogP contribution in [0.2, 0.25) is 0 Å². The molecule has 9 heteroatoms. The molecule has 0 radical (unpaired) electrons. The van der Waals surface area contributed by atoms with Crippen molar-refractivity contribution in [1.82, 2.24) is 25.2 Å². The van der Waals surface area contributed by atoms with Crippen molar-refractivity contribution in [3.8, 4) is 0 Å². The van der Waals surface area contributed by atoms with Crippen LogP contribution in [0.3, 0.4) is 0 Å². The van der Waals surface area contributed by atoms with Crippen LogP contribution >= 0.6 is 0 Å². The molecule has 3 rings (SSSR count). The van der Waals surface area contributed by atoms with Crippen molar-refractivity contribution in [3.05, 3.63) is 24.0 Å². The van der Waals surface area contributed by atoms with Crippen LogP contribution in [-0.4, -0.2) is 39.2 Å². The molecule has 0 aromatic carbocycles. The van der Waals surface area contributed by atoms with E-state index in [2.05, 4.69) is 25.9 Å². The van der Waals surface area contributed by atoms with Crippen LogP contribution in [0.25, 0.3) is 0 Å². The normalized spacial score (nSPS) is 17.9. The number of urea groups is 1. The molecule has 2 aromatic heterocycles. The second-order valence-corrected chi connectivity index (χ2v) is 6.48. The predicted molar refractivity (Wildman–Crippen MR) is 85.4 cm³/mol. The van der Waals surface area contributed by atoms with Gasteiger partial charge in [0.15, 0.2) is 5.82 Å². The van der Waals surface area contributed by atoms with Gasteiger partial charge in [-0.2, -0.15) is 10.1 Å². The van der Waals surface area contributed by atoms with E-state index in [9.17, 15) is 4.79 Å². The smallest absolute Gasteiger partial charge is 0.321 e. The average Bonchev–Trinajstić information content (AvgIpc) is 3.22. The van der Waals surface area contributed by atoms with Crippen molar-refractivity contribution >= 4 is 11.8 Å². The summed E-state index contributed by atoms with van der Waals surface area (Å²) < 4.78 is 12.3. The van der Waals surface area contributed by atoms with Crippen LogP contribution in [0.5, 0.6) is 0 Å². The molecular weight excluding hydrogens is 312 g/mol. The first kappa shape index (κ1) is 16.4. The monoisotopic (exact) mass is 334 g/mol. The fourth-order valence-electron chi connectivity index (χ4n) is 2.59. The molecule has 0 aliphatic carbocycles. The molecular formula is C15H22N6O3. The zero-order valence-electron chi connectivity index (χ0n) is 14.1. The first-order chi connectivity index (χ1) is 11.4. The lowest BCUT2D eigenvalue weighted by Gasteiger charge is -2.22. The third-order valence-electron chi connectivity index (χ3n) is 3.90. The Balaban J connectivity index is 1.61. The number of anilines is 1. The van der Waals surface area contributed by atoms with Gasteiger partial charge in [0, 0.05) is 25.1 Å². The Labute approximate surface area is 139 Å². The minimum Gasteiger partial charge on any atom is -0.381 e. The molecule has 0 bridgehead atoms. The van der Waals surface area contributed by atoms with Gasteiger partial charge in [-0.05, 0) is 27.2 Å². The van der Waals surface area contributed by atoms with Gasteiger partial charge >= 0.3 is 6.03 Å². The van der Waals surface area contributed by atoms with Crippen molar-refractivity contribution in [1.29, 1.82) is 0 Å². The Morgan fingerprint density at radius 3 is 3.00 bits per heavy atom. The van der Waals surface area contributed by atoms with Gasteiger partial charge in [-0.15, -0.1) is 0 Å². The topological polar surface area (TPSA) is 107 Å². The highest BCUT2D eigenvalue weighted by Crippen LogP contribution is 2.19. The maximum atomic E-state index is 12.3. The number of carbonyl (C=O) groups is 1. The summed E-state index contributed by atoms with van der Waals surface area (Å²) in [4.78, 5) is 16.5. The van der Waals surface area contributed by atoms with Gasteiger partial charge in [-0.1, -0.05) is 5.16 Å². The standard InChI is InChI=1S/C15H22N6O3/c1-10-17-13(24-20-10)15(2,3)19-14(22)18-12-4-6-16-21(12)8-11-5-7-23-9-11/h4,6,11H,5,7-9H2,1-3H3,(H2,18,19,22)/t11-/m1/s1. The summed E-state index contributed by atoms with van der Waals surface area (Å²) in [5.74, 6) is 1.94. The number of aromatic nitrogens is 4. The van der Waals surface area contributed by atoms with Crippen LogP contribution in [0.4, 0.5) is 10.6 Å². The molecule has 1 atom stereocenters. The van der Waals surface area contributed by atoms with E-state index in [0.29, 0.717) is 23.5 Å². The molecule has 0 unspecified atom stereocenters. The van der Waals surface area contributed by atoms with Crippen LogP contribution in [0.15, 0.2) is 16.8 Å². The highest BCUT2D eigenvalue weighted by atomic mass is 16.5. The highest BCUT2D eigenvalue weighted by molar-refractivity contribution is 5.88. The summed E-state index contributed by atoms with van der Waals surface area (Å²) in [7, 11) is 0. The molecule has 24 heavy (non-hydrogen) atoms. The third-order valence-corrected chi connectivity index (χ3v) is 3.90. The van der Waals surface area contributed by atoms with Gasteiger partial charge in [0.1, 0.15) is 11.4 Å². The number of hydrogen-bond donors (Lipinski definition) is 2. The van der Waals surface area contributed by atoms with Crippen molar-refractivity contribution in [2.75, 3.05) is 18.5 Å². The molecule has 1 fully saturated rings. The lowest BCUT2D eigenvalue weighted by molar-refractivity contribution is 0.181. The Morgan fingerprint density at radius 2 is 2.33 bits per heavy atom. The molecule has 9 nitrogen and oxygen atoms in total. The van der Waals surface area contributed by atoms with Crippen LogP contribution in [0.1, 0.15) is 32.0 Å². The fourth-order valence-corrected chi connectivity index (χ4v) is 2.59. The maximum Gasteiger partial charge on any atom is 0.321 e. The van der Waals surface area contributed by atoms with Gasteiger partial charge < -0.3 is 14.6 Å². The van der Waals surface area contributed by atoms with Crippen molar-refractivity contribution < 1.29 is 14.1 Å². The summed E-state index contributed by atoms with van der Waals surface area (Å²) in [6.07, 6.45) is 2.67. The van der Waals surface area contributed by atoms with Crippen LogP contribution in [0, 0.1) is 12.8 Å². The van der Waals surface area contributed by atoms with Gasteiger partial charge in [0.25, 0.3) is 5.89 Å². The number of amides is 2. The third kappa shape index (κ3) is 3.73. The number of nitrogens with one attached hydrogen (secondary N) is 2. The molecule has 0 spiro atoms. The van der Waals surface area contributed by atoms with Gasteiger partial charge in [-0.25, -0.2) is 9.48 Å². The van der Waals surface area contributed by atoms with Crippen LogP contribution in [-0.2, 0) is 16.8 Å². The molecule has 3 heterocycles. The van der Waals surface area contributed by atoms with Crippen LogP contribution < -0.4 is 10.6 Å². The van der Waals surface area contributed by atoms with E-state index >= 15 is 0 Å². The Kier molecular flexibility index (Phi) is 4.52. The zero-order valence-corrected chi connectivity index (χ0v) is 14.1. The molecule has 1 saturated heterocycles. The van der Waals surface area contributed by atoms with E-state index in [1.807, 2.05) is 0 Å². The number of ether oxygens (including phenoxy) is 1. The largest absolute Gasteiger partial charge is 0.381 e. The Bertz CT molecular complexity index is 702. The molecule has 2 aromatic rings. The maximum absolute atomic E-state index is 12.3. The molecule has 130 valence electrons. The number of carbonyl (C=O) groups excluding carboxylic acids is 1. The predicted octanol–water partition coefficient (Wildman–Crippen LogP) is 1.67.